The highest BCUT2D eigenvalue weighted by atomic mass is 127. The normalized spacial score (nSPS) is 13.7. The summed E-state index contributed by atoms with van der Waals surface area (Å²) in [6.07, 6.45) is 2.11. The first-order valence-electron chi connectivity index (χ1n) is 12.9. The summed E-state index contributed by atoms with van der Waals surface area (Å²) in [6.45, 7) is 0. The Labute approximate surface area is 266 Å². The second kappa shape index (κ2) is 12.0. The van der Waals surface area contributed by atoms with Crippen LogP contribution in [0.5, 0.6) is 11.5 Å². The van der Waals surface area contributed by atoms with Crippen LogP contribution in [0.4, 0.5) is 5.82 Å². The van der Waals surface area contributed by atoms with Crippen molar-refractivity contribution in [1.82, 2.24) is 4.98 Å². The molecule has 0 bridgehead atoms. The van der Waals surface area contributed by atoms with Crippen LogP contribution < -0.4 is 9.47 Å². The van der Waals surface area contributed by atoms with Crippen LogP contribution in [0, 0.1) is 7.14 Å². The Morgan fingerprint density at radius 3 is 1.71 bits per heavy atom. The SMILES string of the molecule is COc1ccc(C2=CC(c3ccc(I)cc3)=N/C2=N\c2[nH]c(-c3ccc(I)cc3)cc2-c2ccc(OC)cc2)cc1. The molecule has 0 amide bonds. The maximum Gasteiger partial charge on any atom is 0.162 e. The third-order valence-corrected chi connectivity index (χ3v) is 8.30. The predicted octanol–water partition coefficient (Wildman–Crippen LogP) is 9.19. The van der Waals surface area contributed by atoms with Gasteiger partial charge in [0.15, 0.2) is 5.84 Å². The van der Waals surface area contributed by atoms with Gasteiger partial charge in [0.2, 0.25) is 0 Å². The summed E-state index contributed by atoms with van der Waals surface area (Å²) in [7, 11) is 3.35. The van der Waals surface area contributed by atoms with Crippen LogP contribution in [-0.4, -0.2) is 30.8 Å². The number of nitrogens with zero attached hydrogens (tertiary/aromatic N) is 2. The average molecular weight is 761 g/mol. The van der Waals surface area contributed by atoms with E-state index < -0.39 is 0 Å². The molecule has 0 saturated heterocycles. The average Bonchev–Trinajstić information content (AvgIpc) is 3.63. The molecule has 7 heteroatoms. The van der Waals surface area contributed by atoms with E-state index in [2.05, 4.69) is 123 Å². The number of amidine groups is 1. The Kier molecular flexibility index (Phi) is 8.06. The predicted molar refractivity (Wildman–Crippen MR) is 185 cm³/mol. The van der Waals surface area contributed by atoms with Gasteiger partial charge in [-0.2, -0.15) is 0 Å². The minimum absolute atomic E-state index is 0.648. The molecule has 0 fully saturated rings. The van der Waals surface area contributed by atoms with Gasteiger partial charge in [-0.15, -0.1) is 0 Å². The lowest BCUT2D eigenvalue weighted by Gasteiger charge is -2.06. The van der Waals surface area contributed by atoms with Crippen LogP contribution in [-0.2, 0) is 0 Å². The molecule has 0 spiro atoms. The fourth-order valence-corrected chi connectivity index (χ4v) is 5.38. The van der Waals surface area contributed by atoms with Crippen LogP contribution in [0.25, 0.3) is 28.0 Å². The molecule has 1 aromatic heterocycles. The topological polar surface area (TPSA) is 59.0 Å². The summed E-state index contributed by atoms with van der Waals surface area (Å²) >= 11 is 4.64. The first-order valence-corrected chi connectivity index (χ1v) is 15.1. The van der Waals surface area contributed by atoms with E-state index in [0.29, 0.717) is 5.84 Å². The van der Waals surface area contributed by atoms with Gasteiger partial charge in [0.25, 0.3) is 0 Å². The third kappa shape index (κ3) is 6.01. The first-order chi connectivity index (χ1) is 20.0. The molecular weight excluding hydrogens is 736 g/mol. The minimum atomic E-state index is 0.648. The molecule has 1 aliphatic rings. The van der Waals surface area contributed by atoms with Gasteiger partial charge in [0.1, 0.15) is 17.3 Å². The number of nitrogens with one attached hydrogen (secondary N) is 1. The van der Waals surface area contributed by atoms with Gasteiger partial charge >= 0.3 is 0 Å². The van der Waals surface area contributed by atoms with Crippen molar-refractivity contribution in [3.63, 3.8) is 0 Å². The van der Waals surface area contributed by atoms with E-state index in [-0.39, 0.29) is 0 Å². The van der Waals surface area contributed by atoms with Gasteiger partial charge in [-0.05, 0) is 123 Å². The molecule has 202 valence electrons. The van der Waals surface area contributed by atoms with Crippen LogP contribution in [0.15, 0.2) is 119 Å². The number of methoxy groups -OCH3 is 2. The Morgan fingerprint density at radius 2 is 1.15 bits per heavy atom. The number of aromatic amines is 1. The summed E-state index contributed by atoms with van der Waals surface area (Å²) in [6, 6.07) is 35.0. The second-order valence-electron chi connectivity index (χ2n) is 9.41. The van der Waals surface area contributed by atoms with Crippen molar-refractivity contribution >= 4 is 68.1 Å². The Bertz CT molecular complexity index is 1780. The Hall–Kier alpha value is -3.70. The number of allylic oxidation sites excluding steroid dienone is 1. The monoisotopic (exact) mass is 761 g/mol. The smallest absolute Gasteiger partial charge is 0.162 e. The van der Waals surface area contributed by atoms with Crippen LogP contribution in [0.1, 0.15) is 11.1 Å². The maximum atomic E-state index is 5.40. The first kappa shape index (κ1) is 27.5. The number of rotatable bonds is 7. The summed E-state index contributed by atoms with van der Waals surface area (Å²) in [5.41, 5.74) is 7.99. The summed E-state index contributed by atoms with van der Waals surface area (Å²) in [4.78, 5) is 13.8. The van der Waals surface area contributed by atoms with Gasteiger partial charge in [-0.1, -0.05) is 48.5 Å². The Balaban J connectivity index is 1.50. The molecule has 5 nitrogen and oxygen atoms in total. The van der Waals surface area contributed by atoms with Crippen molar-refractivity contribution in [3.05, 3.63) is 127 Å². The molecule has 5 aromatic rings. The molecule has 0 radical (unpaired) electrons. The number of hydrogen-bond donors (Lipinski definition) is 1. The molecular formula is C34H25I2N3O2. The van der Waals surface area contributed by atoms with E-state index in [1.54, 1.807) is 14.2 Å². The lowest BCUT2D eigenvalue weighted by molar-refractivity contribution is 0.414. The van der Waals surface area contributed by atoms with E-state index >= 15 is 0 Å². The molecule has 0 atom stereocenters. The summed E-state index contributed by atoms with van der Waals surface area (Å²) in [5.74, 6) is 3.00. The zero-order valence-corrected chi connectivity index (χ0v) is 26.7. The van der Waals surface area contributed by atoms with Crippen LogP contribution in [0.2, 0.25) is 0 Å². The zero-order valence-electron chi connectivity index (χ0n) is 22.4. The maximum absolute atomic E-state index is 5.40. The van der Waals surface area contributed by atoms with Gasteiger partial charge in [0, 0.05) is 29.5 Å². The molecule has 2 heterocycles. The van der Waals surface area contributed by atoms with E-state index in [1.165, 1.54) is 7.14 Å². The van der Waals surface area contributed by atoms with E-state index in [1.807, 2.05) is 36.4 Å². The van der Waals surface area contributed by atoms with Crippen molar-refractivity contribution in [1.29, 1.82) is 0 Å². The number of aliphatic imine (C=N–C) groups is 2. The molecule has 1 N–H and O–H groups in total. The fourth-order valence-electron chi connectivity index (χ4n) is 4.66. The van der Waals surface area contributed by atoms with E-state index in [9.17, 15) is 0 Å². The van der Waals surface area contributed by atoms with Gasteiger partial charge in [-0.25, -0.2) is 9.98 Å². The quantitative estimate of drug-likeness (QED) is 0.168. The van der Waals surface area contributed by atoms with Gasteiger partial charge in [-0.3, -0.25) is 0 Å². The van der Waals surface area contributed by atoms with Crippen LogP contribution in [0.3, 0.4) is 0 Å². The summed E-state index contributed by atoms with van der Waals surface area (Å²) in [5, 5.41) is 0. The third-order valence-electron chi connectivity index (χ3n) is 6.86. The van der Waals surface area contributed by atoms with Crippen molar-refractivity contribution in [2.75, 3.05) is 14.2 Å². The van der Waals surface area contributed by atoms with Gasteiger partial charge < -0.3 is 14.5 Å². The number of benzene rings is 4. The van der Waals surface area contributed by atoms with Crippen molar-refractivity contribution in [2.24, 2.45) is 9.98 Å². The molecule has 41 heavy (non-hydrogen) atoms. The number of ether oxygens (including phenoxy) is 2. The molecule has 1 aliphatic heterocycles. The second-order valence-corrected chi connectivity index (χ2v) is 11.9. The number of H-pyrrole nitrogens is 1. The molecule has 0 saturated carbocycles. The van der Waals surface area contributed by atoms with Crippen molar-refractivity contribution < 1.29 is 9.47 Å². The largest absolute Gasteiger partial charge is 0.497 e. The fraction of sp³-hybridized carbons (Fsp3) is 0.0588. The zero-order chi connectivity index (χ0) is 28.3. The highest BCUT2D eigenvalue weighted by Crippen LogP contribution is 2.37. The van der Waals surface area contributed by atoms with Crippen molar-refractivity contribution in [3.8, 4) is 33.9 Å². The number of hydrogen-bond acceptors (Lipinski definition) is 3. The lowest BCUT2D eigenvalue weighted by Crippen LogP contribution is -1.96. The van der Waals surface area contributed by atoms with Crippen LogP contribution >= 0.6 is 45.2 Å². The molecule has 0 unspecified atom stereocenters. The highest BCUT2D eigenvalue weighted by Gasteiger charge is 2.21. The standard InChI is InChI=1S/C34H25I2N3O2/c1-40-27-15-7-21(8-16-27)29-19-31(23-3-11-25(35)12-4-23)37-33(29)39-34-30(22-9-17-28(41-2)18-10-22)20-32(38-34)24-5-13-26(36)14-6-24/h3-20,37H,1-2H3/b39-34-. The van der Waals surface area contributed by atoms with E-state index in [0.717, 1.165) is 62.1 Å². The molecule has 4 aromatic carbocycles. The lowest BCUT2D eigenvalue weighted by atomic mass is 10.0. The Morgan fingerprint density at radius 1 is 0.634 bits per heavy atom. The van der Waals surface area contributed by atoms with Gasteiger partial charge in [0.05, 0.1) is 19.9 Å². The number of halogens is 2. The highest BCUT2D eigenvalue weighted by molar-refractivity contribution is 14.1. The summed E-state index contributed by atoms with van der Waals surface area (Å²) < 4.78 is 13.2. The molecule has 0 aliphatic carbocycles. The van der Waals surface area contributed by atoms with Crippen molar-refractivity contribution in [2.45, 2.75) is 0 Å². The number of aromatic nitrogens is 1. The minimum Gasteiger partial charge on any atom is -0.497 e. The van der Waals surface area contributed by atoms with E-state index in [4.69, 9.17) is 19.5 Å². The molecule has 6 rings (SSSR count).